The molecule has 0 aliphatic carbocycles. The first-order chi connectivity index (χ1) is 12.6. The van der Waals surface area contributed by atoms with Gasteiger partial charge in [-0.25, -0.2) is 4.98 Å². The SMILES string of the molecule is CN1CCC(N(C)C(c2ccccc2Cl)c2sc3ncnn3c2O)CC1. The van der Waals surface area contributed by atoms with E-state index in [9.17, 15) is 5.11 Å². The van der Waals surface area contributed by atoms with Crippen molar-refractivity contribution in [3.8, 4) is 5.88 Å². The summed E-state index contributed by atoms with van der Waals surface area (Å²) in [4.78, 5) is 10.5. The zero-order chi connectivity index (χ0) is 18.3. The molecule has 0 bridgehead atoms. The van der Waals surface area contributed by atoms with E-state index in [1.54, 1.807) is 0 Å². The number of likely N-dealkylation sites (tertiary alicyclic amines) is 1. The second-order valence-corrected chi connectivity index (χ2v) is 8.28. The van der Waals surface area contributed by atoms with Gasteiger partial charge in [0.2, 0.25) is 10.8 Å². The lowest BCUT2D eigenvalue weighted by Gasteiger charge is -2.39. The molecule has 1 aliphatic heterocycles. The van der Waals surface area contributed by atoms with Gasteiger partial charge in [-0.1, -0.05) is 41.1 Å². The highest BCUT2D eigenvalue weighted by molar-refractivity contribution is 7.17. The van der Waals surface area contributed by atoms with E-state index in [4.69, 9.17) is 11.6 Å². The highest BCUT2D eigenvalue weighted by Gasteiger charge is 2.33. The van der Waals surface area contributed by atoms with Crippen LogP contribution in [0.25, 0.3) is 4.96 Å². The fraction of sp³-hybridized carbons (Fsp3) is 0.444. The van der Waals surface area contributed by atoms with Crippen LogP contribution in [0.3, 0.4) is 0 Å². The average Bonchev–Trinajstić information content (AvgIpc) is 3.21. The van der Waals surface area contributed by atoms with Crippen LogP contribution in [0, 0.1) is 0 Å². The first-order valence-corrected chi connectivity index (χ1v) is 9.92. The lowest BCUT2D eigenvalue weighted by Crippen LogP contribution is -2.43. The van der Waals surface area contributed by atoms with Crippen molar-refractivity contribution in [2.45, 2.75) is 24.9 Å². The number of rotatable bonds is 4. The van der Waals surface area contributed by atoms with Crippen molar-refractivity contribution in [3.05, 3.63) is 46.1 Å². The first kappa shape index (κ1) is 17.7. The van der Waals surface area contributed by atoms with E-state index in [0.29, 0.717) is 16.0 Å². The smallest absolute Gasteiger partial charge is 0.230 e. The van der Waals surface area contributed by atoms with Gasteiger partial charge in [-0.05, 0) is 51.7 Å². The van der Waals surface area contributed by atoms with Crippen molar-refractivity contribution in [2.24, 2.45) is 0 Å². The van der Waals surface area contributed by atoms with E-state index < -0.39 is 0 Å². The largest absolute Gasteiger partial charge is 0.492 e. The van der Waals surface area contributed by atoms with Crippen LogP contribution < -0.4 is 0 Å². The number of fused-ring (bicyclic) bond motifs is 1. The van der Waals surface area contributed by atoms with Gasteiger partial charge in [0.25, 0.3) is 0 Å². The monoisotopic (exact) mass is 391 g/mol. The molecule has 138 valence electrons. The van der Waals surface area contributed by atoms with E-state index >= 15 is 0 Å². The van der Waals surface area contributed by atoms with E-state index in [2.05, 4.69) is 34.0 Å². The van der Waals surface area contributed by atoms with Crippen LogP contribution in [-0.4, -0.2) is 62.7 Å². The molecular formula is C18H22ClN5OS. The van der Waals surface area contributed by atoms with Gasteiger partial charge in [0, 0.05) is 11.1 Å². The minimum Gasteiger partial charge on any atom is -0.492 e. The van der Waals surface area contributed by atoms with Gasteiger partial charge in [-0.2, -0.15) is 9.61 Å². The maximum atomic E-state index is 10.8. The predicted molar refractivity (Wildman–Crippen MR) is 104 cm³/mol. The van der Waals surface area contributed by atoms with Crippen LogP contribution in [-0.2, 0) is 0 Å². The fourth-order valence-electron chi connectivity index (χ4n) is 3.73. The molecule has 0 radical (unpaired) electrons. The standard InChI is InChI=1S/C18H22ClN5OS/c1-22-9-7-12(8-10-22)23(2)15(13-5-3-4-6-14(13)19)16-17(25)24-18(26-16)20-11-21-24/h3-6,11-12,15,25H,7-10H2,1-2H3. The van der Waals surface area contributed by atoms with E-state index in [1.165, 1.54) is 22.2 Å². The Hall–Kier alpha value is -1.67. The van der Waals surface area contributed by atoms with Gasteiger partial charge in [-0.15, -0.1) is 0 Å². The Bertz CT molecular complexity index is 902. The lowest BCUT2D eigenvalue weighted by atomic mass is 9.97. The van der Waals surface area contributed by atoms with Crippen LogP contribution in [0.15, 0.2) is 30.6 Å². The maximum Gasteiger partial charge on any atom is 0.230 e. The molecule has 1 saturated heterocycles. The van der Waals surface area contributed by atoms with Crippen molar-refractivity contribution in [3.63, 3.8) is 0 Å². The number of halogens is 1. The molecule has 1 fully saturated rings. The van der Waals surface area contributed by atoms with Crippen molar-refractivity contribution in [1.82, 2.24) is 24.4 Å². The Morgan fingerprint density at radius 1 is 1.31 bits per heavy atom. The molecule has 0 saturated carbocycles. The average molecular weight is 392 g/mol. The summed E-state index contributed by atoms with van der Waals surface area (Å²) in [5, 5.41) is 15.6. The van der Waals surface area contributed by atoms with Gasteiger partial charge in [-0.3, -0.25) is 4.90 Å². The number of aromatic nitrogens is 3. The van der Waals surface area contributed by atoms with Gasteiger partial charge in [0.05, 0.1) is 10.9 Å². The Labute approximate surface area is 161 Å². The summed E-state index contributed by atoms with van der Waals surface area (Å²) in [6.45, 7) is 2.15. The van der Waals surface area contributed by atoms with Crippen molar-refractivity contribution in [1.29, 1.82) is 0 Å². The van der Waals surface area contributed by atoms with Gasteiger partial charge < -0.3 is 10.0 Å². The number of benzene rings is 1. The van der Waals surface area contributed by atoms with Crippen LogP contribution in [0.4, 0.5) is 0 Å². The third-order valence-electron chi connectivity index (χ3n) is 5.26. The highest BCUT2D eigenvalue weighted by Crippen LogP contribution is 2.42. The zero-order valence-corrected chi connectivity index (χ0v) is 16.4. The van der Waals surface area contributed by atoms with Gasteiger partial charge in [0.15, 0.2) is 0 Å². The summed E-state index contributed by atoms with van der Waals surface area (Å²) in [6.07, 6.45) is 3.64. The van der Waals surface area contributed by atoms with E-state index in [1.807, 2.05) is 24.3 Å². The van der Waals surface area contributed by atoms with Crippen molar-refractivity contribution < 1.29 is 5.11 Å². The summed E-state index contributed by atoms with van der Waals surface area (Å²) >= 11 is 8.01. The fourth-order valence-corrected chi connectivity index (χ4v) is 5.07. The number of aromatic hydroxyl groups is 1. The predicted octanol–water partition coefficient (Wildman–Crippen LogP) is 3.27. The number of hydrogen-bond donors (Lipinski definition) is 1. The van der Waals surface area contributed by atoms with Gasteiger partial charge in [0.1, 0.15) is 6.33 Å². The molecule has 3 heterocycles. The molecular weight excluding hydrogens is 370 g/mol. The molecule has 4 rings (SSSR count). The summed E-state index contributed by atoms with van der Waals surface area (Å²) < 4.78 is 1.49. The normalized spacial score (nSPS) is 18.0. The third kappa shape index (κ3) is 3.09. The van der Waals surface area contributed by atoms with Crippen molar-refractivity contribution >= 4 is 27.9 Å². The van der Waals surface area contributed by atoms with Gasteiger partial charge >= 0.3 is 0 Å². The molecule has 0 spiro atoms. The van der Waals surface area contributed by atoms with E-state index in [-0.39, 0.29) is 11.9 Å². The Balaban J connectivity index is 1.78. The summed E-state index contributed by atoms with van der Waals surface area (Å²) in [5.74, 6) is 0.146. The number of piperidine rings is 1. The molecule has 1 aromatic carbocycles. The number of hydrogen-bond acceptors (Lipinski definition) is 6. The minimum atomic E-state index is -0.134. The third-order valence-corrected chi connectivity index (χ3v) is 6.69. The van der Waals surface area contributed by atoms with Crippen LogP contribution in [0.2, 0.25) is 5.02 Å². The van der Waals surface area contributed by atoms with E-state index in [0.717, 1.165) is 36.4 Å². The molecule has 1 aliphatic rings. The quantitative estimate of drug-likeness (QED) is 0.739. The lowest BCUT2D eigenvalue weighted by molar-refractivity contribution is 0.121. The molecule has 1 atom stereocenters. The molecule has 0 amide bonds. The second kappa shape index (κ2) is 7.15. The topological polar surface area (TPSA) is 56.9 Å². The Morgan fingerprint density at radius 2 is 2.04 bits per heavy atom. The molecule has 6 nitrogen and oxygen atoms in total. The number of thiazole rings is 1. The summed E-state index contributed by atoms with van der Waals surface area (Å²) in [5.41, 5.74) is 0.996. The summed E-state index contributed by atoms with van der Waals surface area (Å²) in [6, 6.07) is 8.15. The maximum absolute atomic E-state index is 10.8. The molecule has 1 unspecified atom stereocenters. The molecule has 3 aromatic rings. The highest BCUT2D eigenvalue weighted by atomic mass is 35.5. The van der Waals surface area contributed by atoms with Crippen molar-refractivity contribution in [2.75, 3.05) is 27.2 Å². The molecule has 2 aromatic heterocycles. The minimum absolute atomic E-state index is 0.134. The first-order valence-electron chi connectivity index (χ1n) is 8.72. The van der Waals surface area contributed by atoms with Crippen LogP contribution >= 0.6 is 22.9 Å². The van der Waals surface area contributed by atoms with Crippen LogP contribution in [0.5, 0.6) is 5.88 Å². The number of nitrogens with zero attached hydrogens (tertiary/aromatic N) is 5. The second-order valence-electron chi connectivity index (χ2n) is 6.87. The van der Waals surface area contributed by atoms with Crippen LogP contribution in [0.1, 0.15) is 29.3 Å². The molecule has 26 heavy (non-hydrogen) atoms. The zero-order valence-electron chi connectivity index (χ0n) is 14.8. The molecule has 1 N–H and O–H groups in total. The Kier molecular flexibility index (Phi) is 4.88. The Morgan fingerprint density at radius 3 is 2.73 bits per heavy atom. The molecule has 8 heteroatoms. The summed E-state index contributed by atoms with van der Waals surface area (Å²) in [7, 11) is 4.28.